The maximum Gasteiger partial charge on any atom is 0.454 e. The molecule has 0 N–H and O–H groups in total. The molecule has 0 aromatic heterocycles. The smallest absolute Gasteiger partial charge is 0.454 e. The van der Waals surface area contributed by atoms with Crippen LogP contribution in [-0.4, -0.2) is 30.5 Å². The van der Waals surface area contributed by atoms with Crippen LogP contribution in [0.3, 0.4) is 0 Å². The van der Waals surface area contributed by atoms with Crippen LogP contribution >= 0.6 is 0 Å². The van der Waals surface area contributed by atoms with Gasteiger partial charge in [-0.2, -0.15) is 26.3 Å². The molecule has 1 aliphatic rings. The minimum Gasteiger partial charge on any atom is -0.485 e. The number of carbonyl (C=O) groups is 1. The van der Waals surface area contributed by atoms with E-state index in [2.05, 4.69) is 4.74 Å². The number of halogens is 6. The molecule has 2 atom stereocenters. The minimum absolute atomic E-state index is 0.0168. The third-order valence-corrected chi connectivity index (χ3v) is 4.01. The van der Waals surface area contributed by atoms with Gasteiger partial charge in [0.1, 0.15) is 17.6 Å². The summed E-state index contributed by atoms with van der Waals surface area (Å²) in [5.41, 5.74) is -1.65. The van der Waals surface area contributed by atoms with E-state index in [9.17, 15) is 31.1 Å². The first-order chi connectivity index (χ1) is 14.1. The molecule has 4 nitrogen and oxygen atoms in total. The van der Waals surface area contributed by atoms with Gasteiger partial charge in [0.05, 0.1) is 12.0 Å². The van der Waals surface area contributed by atoms with Crippen LogP contribution in [-0.2, 0) is 9.53 Å². The van der Waals surface area contributed by atoms with E-state index in [0.717, 1.165) is 0 Å². The Kier molecular flexibility index (Phi) is 5.95. The van der Waals surface area contributed by atoms with Crippen LogP contribution in [0.25, 0.3) is 0 Å². The summed E-state index contributed by atoms with van der Waals surface area (Å²) in [7, 11) is 0. The van der Waals surface area contributed by atoms with E-state index in [1.54, 1.807) is 24.3 Å². The third-order valence-electron chi connectivity index (χ3n) is 4.01. The zero-order valence-corrected chi connectivity index (χ0v) is 15.0. The summed E-state index contributed by atoms with van der Waals surface area (Å²) in [6.45, 7) is 0. The van der Waals surface area contributed by atoms with Crippen molar-refractivity contribution < 1.29 is 45.3 Å². The summed E-state index contributed by atoms with van der Waals surface area (Å²) in [5.74, 6) is -4.66. The SMILES string of the molecule is O=C(C1=C(C(F)(F)F)OC(Oc2ccccc2)CC1Oc1ccccc1)C(F)(F)F. The van der Waals surface area contributed by atoms with Gasteiger partial charge in [-0.1, -0.05) is 36.4 Å². The number of allylic oxidation sites excluding steroid dienone is 1. The third kappa shape index (κ3) is 5.05. The van der Waals surface area contributed by atoms with Crippen molar-refractivity contribution in [1.82, 2.24) is 0 Å². The van der Waals surface area contributed by atoms with Crippen LogP contribution in [0.1, 0.15) is 6.42 Å². The summed E-state index contributed by atoms with van der Waals surface area (Å²) >= 11 is 0. The molecule has 1 heterocycles. The molecule has 0 spiro atoms. The van der Waals surface area contributed by atoms with Crippen molar-refractivity contribution in [2.45, 2.75) is 31.2 Å². The number of ketones is 1. The largest absolute Gasteiger partial charge is 0.485 e. The van der Waals surface area contributed by atoms with Gasteiger partial charge in [-0.15, -0.1) is 0 Å². The highest BCUT2D eigenvalue weighted by atomic mass is 19.4. The van der Waals surface area contributed by atoms with Gasteiger partial charge in [0.15, 0.2) is 0 Å². The number of Topliss-reactive ketones (excluding diaryl/α,β-unsaturated/α-hetero) is 1. The Morgan fingerprint density at radius 3 is 1.80 bits per heavy atom. The maximum atomic E-state index is 13.6. The van der Waals surface area contributed by atoms with Crippen molar-refractivity contribution in [3.8, 4) is 11.5 Å². The average Bonchev–Trinajstić information content (AvgIpc) is 2.67. The van der Waals surface area contributed by atoms with Crippen molar-refractivity contribution in [1.29, 1.82) is 0 Å². The number of hydrogen-bond acceptors (Lipinski definition) is 4. The van der Waals surface area contributed by atoms with E-state index in [0.29, 0.717) is 0 Å². The summed E-state index contributed by atoms with van der Waals surface area (Å²) in [5, 5.41) is 0. The molecule has 0 saturated carbocycles. The van der Waals surface area contributed by atoms with E-state index in [1.807, 2.05) is 0 Å². The molecule has 10 heteroatoms. The van der Waals surface area contributed by atoms with Gasteiger partial charge in [0.2, 0.25) is 12.0 Å². The fourth-order valence-corrected chi connectivity index (χ4v) is 2.80. The van der Waals surface area contributed by atoms with Gasteiger partial charge in [-0.3, -0.25) is 4.79 Å². The van der Waals surface area contributed by atoms with Crippen molar-refractivity contribution in [2.75, 3.05) is 0 Å². The van der Waals surface area contributed by atoms with Crippen molar-refractivity contribution >= 4 is 5.78 Å². The van der Waals surface area contributed by atoms with Crippen molar-refractivity contribution in [2.24, 2.45) is 0 Å². The Labute approximate surface area is 166 Å². The van der Waals surface area contributed by atoms with E-state index in [4.69, 9.17) is 9.47 Å². The fourth-order valence-electron chi connectivity index (χ4n) is 2.80. The van der Waals surface area contributed by atoms with Crippen LogP contribution < -0.4 is 9.47 Å². The van der Waals surface area contributed by atoms with E-state index < -0.39 is 48.3 Å². The predicted octanol–water partition coefficient (Wildman–Crippen LogP) is 5.21. The van der Waals surface area contributed by atoms with Gasteiger partial charge >= 0.3 is 12.4 Å². The maximum absolute atomic E-state index is 13.6. The molecule has 0 saturated heterocycles. The summed E-state index contributed by atoms with van der Waals surface area (Å²) < 4.78 is 95.2. The summed E-state index contributed by atoms with van der Waals surface area (Å²) in [4.78, 5) is 11.9. The van der Waals surface area contributed by atoms with Gasteiger partial charge in [0, 0.05) is 0 Å². The first kappa shape index (κ1) is 21.5. The molecule has 2 unspecified atom stereocenters. The van der Waals surface area contributed by atoms with Crippen LogP contribution in [0.4, 0.5) is 26.3 Å². The van der Waals surface area contributed by atoms with Crippen molar-refractivity contribution in [3.63, 3.8) is 0 Å². The zero-order chi connectivity index (χ0) is 21.9. The van der Waals surface area contributed by atoms with E-state index >= 15 is 0 Å². The highest BCUT2D eigenvalue weighted by molar-refractivity contribution is 6.01. The molecule has 30 heavy (non-hydrogen) atoms. The van der Waals surface area contributed by atoms with Gasteiger partial charge in [-0.05, 0) is 24.3 Å². The molecule has 1 aliphatic heterocycles. The van der Waals surface area contributed by atoms with Crippen LogP contribution in [0.5, 0.6) is 11.5 Å². The Bertz CT molecular complexity index is 906. The fraction of sp³-hybridized carbons (Fsp3) is 0.250. The monoisotopic (exact) mass is 432 g/mol. The predicted molar refractivity (Wildman–Crippen MR) is 91.6 cm³/mol. The molecular formula is C20H14F6O4. The molecular weight excluding hydrogens is 418 g/mol. The quantitative estimate of drug-likeness (QED) is 0.609. The summed E-state index contributed by atoms with van der Waals surface area (Å²) in [6, 6.07) is 14.8. The minimum atomic E-state index is -5.55. The van der Waals surface area contributed by atoms with E-state index in [-0.39, 0.29) is 11.5 Å². The van der Waals surface area contributed by atoms with Gasteiger partial charge in [-0.25, -0.2) is 0 Å². The molecule has 2 aromatic carbocycles. The van der Waals surface area contributed by atoms with Gasteiger partial charge in [0.25, 0.3) is 5.78 Å². The molecule has 0 fully saturated rings. The Morgan fingerprint density at radius 2 is 1.33 bits per heavy atom. The second kappa shape index (κ2) is 8.29. The van der Waals surface area contributed by atoms with Crippen LogP contribution in [0.15, 0.2) is 72.0 Å². The molecule has 2 aromatic rings. The molecule has 3 rings (SSSR count). The first-order valence-electron chi connectivity index (χ1n) is 8.58. The van der Waals surface area contributed by atoms with E-state index in [1.165, 1.54) is 36.4 Å². The topological polar surface area (TPSA) is 44.8 Å². The number of carbonyl (C=O) groups excluding carboxylic acids is 1. The number of benzene rings is 2. The van der Waals surface area contributed by atoms with Crippen LogP contribution in [0.2, 0.25) is 0 Å². The van der Waals surface area contributed by atoms with Gasteiger partial charge < -0.3 is 14.2 Å². The molecule has 0 amide bonds. The zero-order valence-electron chi connectivity index (χ0n) is 15.0. The Morgan fingerprint density at radius 1 is 0.833 bits per heavy atom. The Balaban J connectivity index is 2.03. The lowest BCUT2D eigenvalue weighted by Gasteiger charge is -2.34. The second-order valence-corrected chi connectivity index (χ2v) is 6.20. The lowest BCUT2D eigenvalue weighted by Crippen LogP contribution is -2.44. The second-order valence-electron chi connectivity index (χ2n) is 6.20. The molecule has 0 radical (unpaired) electrons. The number of hydrogen-bond donors (Lipinski definition) is 0. The Hall–Kier alpha value is -3.17. The number of para-hydroxylation sites is 2. The molecule has 0 aliphatic carbocycles. The number of alkyl halides is 6. The molecule has 160 valence electrons. The molecule has 0 bridgehead atoms. The lowest BCUT2D eigenvalue weighted by molar-refractivity contribution is -0.188. The number of ether oxygens (including phenoxy) is 3. The first-order valence-corrected chi connectivity index (χ1v) is 8.58. The average molecular weight is 432 g/mol. The standard InChI is InChI=1S/C20H14F6O4/c21-19(22,23)17(27)16-14(28-12-7-3-1-4-8-12)11-15(30-18(16)20(24,25)26)29-13-9-5-2-6-10-13/h1-10,14-15H,11H2. The normalized spacial score (nSPS) is 19.8. The van der Waals surface area contributed by atoms with Crippen molar-refractivity contribution in [3.05, 3.63) is 72.0 Å². The highest BCUT2D eigenvalue weighted by Crippen LogP contribution is 2.40. The lowest BCUT2D eigenvalue weighted by atomic mass is 9.97. The van der Waals surface area contributed by atoms with Crippen LogP contribution in [0, 0.1) is 0 Å². The highest BCUT2D eigenvalue weighted by Gasteiger charge is 2.54. The number of rotatable bonds is 5. The summed E-state index contributed by atoms with van der Waals surface area (Å²) in [6.07, 6.45) is -15.1.